The smallest absolute Gasteiger partial charge is 0.317 e. The molecule has 2 fully saturated rings. The second-order valence-electron chi connectivity index (χ2n) is 6.54. The van der Waals surface area contributed by atoms with Gasteiger partial charge in [-0.2, -0.15) is 0 Å². The van der Waals surface area contributed by atoms with Gasteiger partial charge in [0.1, 0.15) is 0 Å². The van der Waals surface area contributed by atoms with Crippen LogP contribution in [0.1, 0.15) is 18.9 Å². The molecule has 1 aromatic carbocycles. The van der Waals surface area contributed by atoms with Crippen molar-refractivity contribution in [3.8, 4) is 0 Å². The van der Waals surface area contributed by atoms with Crippen molar-refractivity contribution >= 4 is 21.6 Å². The minimum Gasteiger partial charge on any atom is -0.368 e. The zero-order valence-electron chi connectivity index (χ0n) is 14.1. The Morgan fingerprint density at radius 1 is 1.17 bits per heavy atom. The molecule has 2 aliphatic heterocycles. The number of benzene rings is 1. The fourth-order valence-electron chi connectivity index (χ4n) is 3.28. The highest BCUT2D eigenvalue weighted by Gasteiger charge is 2.30. The monoisotopic (exact) mass is 351 g/mol. The van der Waals surface area contributed by atoms with Crippen LogP contribution in [0.3, 0.4) is 0 Å². The molecule has 1 N–H and O–H groups in total. The van der Waals surface area contributed by atoms with Crippen LogP contribution in [0, 0.1) is 0 Å². The van der Waals surface area contributed by atoms with Gasteiger partial charge in [-0.25, -0.2) is 13.2 Å². The van der Waals surface area contributed by atoms with E-state index in [1.807, 2.05) is 0 Å². The fourth-order valence-corrected chi connectivity index (χ4v) is 4.96. The van der Waals surface area contributed by atoms with Crippen LogP contribution in [0.15, 0.2) is 24.3 Å². The van der Waals surface area contributed by atoms with E-state index in [1.54, 1.807) is 4.90 Å². The molecule has 132 valence electrons. The van der Waals surface area contributed by atoms with Gasteiger partial charge < -0.3 is 15.1 Å². The standard InChI is InChI=1S/C17H25N3O3S/c1-2-14-3-5-16(6-4-14)19-8-10-20(11-9-19)17(21)18-15-7-12-24(22,23)13-15/h3-6,15H,2,7-13H2,1H3,(H,18,21). The largest absolute Gasteiger partial charge is 0.368 e. The molecule has 0 bridgehead atoms. The van der Waals surface area contributed by atoms with E-state index in [1.165, 1.54) is 11.3 Å². The molecule has 3 rings (SSSR count). The highest BCUT2D eigenvalue weighted by Crippen LogP contribution is 2.18. The highest BCUT2D eigenvalue weighted by atomic mass is 32.2. The number of carbonyl (C=O) groups is 1. The molecular formula is C17H25N3O3S. The number of nitrogens with zero attached hydrogens (tertiary/aromatic N) is 2. The topological polar surface area (TPSA) is 69.7 Å². The van der Waals surface area contributed by atoms with Gasteiger partial charge in [-0.15, -0.1) is 0 Å². The summed E-state index contributed by atoms with van der Waals surface area (Å²) in [4.78, 5) is 16.4. The van der Waals surface area contributed by atoms with Crippen LogP contribution >= 0.6 is 0 Å². The quantitative estimate of drug-likeness (QED) is 0.890. The normalized spacial score (nSPS) is 23.3. The summed E-state index contributed by atoms with van der Waals surface area (Å²) >= 11 is 0. The summed E-state index contributed by atoms with van der Waals surface area (Å²) in [5.41, 5.74) is 2.51. The van der Waals surface area contributed by atoms with Gasteiger partial charge >= 0.3 is 6.03 Å². The first-order valence-electron chi connectivity index (χ1n) is 8.56. The molecule has 1 atom stereocenters. The molecule has 0 radical (unpaired) electrons. The van der Waals surface area contributed by atoms with Crippen molar-refractivity contribution in [2.75, 3.05) is 42.6 Å². The lowest BCUT2D eigenvalue weighted by Crippen LogP contribution is -2.53. The lowest BCUT2D eigenvalue weighted by molar-refractivity contribution is 0.191. The molecule has 1 unspecified atom stereocenters. The molecule has 2 saturated heterocycles. The van der Waals surface area contributed by atoms with Crippen LogP contribution in [0.5, 0.6) is 0 Å². The summed E-state index contributed by atoms with van der Waals surface area (Å²) in [6, 6.07) is 8.19. The van der Waals surface area contributed by atoms with Gasteiger partial charge in [-0.05, 0) is 30.5 Å². The molecule has 6 nitrogen and oxygen atoms in total. The third-order valence-electron chi connectivity index (χ3n) is 4.84. The van der Waals surface area contributed by atoms with E-state index >= 15 is 0 Å². The van der Waals surface area contributed by atoms with E-state index in [9.17, 15) is 13.2 Å². The predicted molar refractivity (Wildman–Crippen MR) is 95.2 cm³/mol. The summed E-state index contributed by atoms with van der Waals surface area (Å²) in [5.74, 6) is 0.252. The lowest BCUT2D eigenvalue weighted by Gasteiger charge is -2.36. The average molecular weight is 351 g/mol. The molecule has 0 spiro atoms. The van der Waals surface area contributed by atoms with Crippen LogP contribution in [0.4, 0.5) is 10.5 Å². The van der Waals surface area contributed by atoms with Gasteiger partial charge in [0.05, 0.1) is 11.5 Å². The summed E-state index contributed by atoms with van der Waals surface area (Å²) in [6.07, 6.45) is 1.56. The van der Waals surface area contributed by atoms with E-state index in [-0.39, 0.29) is 23.6 Å². The molecule has 2 amide bonds. The first-order chi connectivity index (χ1) is 11.5. The third-order valence-corrected chi connectivity index (χ3v) is 6.60. The number of aryl methyl sites for hydroxylation is 1. The number of rotatable bonds is 3. The van der Waals surface area contributed by atoms with Crippen LogP contribution in [-0.4, -0.2) is 63.1 Å². The molecular weight excluding hydrogens is 326 g/mol. The number of carbonyl (C=O) groups excluding carboxylic acids is 1. The van der Waals surface area contributed by atoms with Crippen LogP contribution in [-0.2, 0) is 16.3 Å². The van der Waals surface area contributed by atoms with Gasteiger partial charge in [0.25, 0.3) is 0 Å². The van der Waals surface area contributed by atoms with Gasteiger partial charge in [-0.3, -0.25) is 0 Å². The summed E-state index contributed by atoms with van der Waals surface area (Å²) in [6.45, 7) is 5.04. The lowest BCUT2D eigenvalue weighted by atomic mass is 10.1. The fraction of sp³-hybridized carbons (Fsp3) is 0.588. The number of nitrogens with one attached hydrogen (secondary N) is 1. The SMILES string of the molecule is CCc1ccc(N2CCN(C(=O)NC3CCS(=O)(=O)C3)CC2)cc1. The maximum Gasteiger partial charge on any atom is 0.317 e. The van der Waals surface area contributed by atoms with E-state index in [2.05, 4.69) is 41.4 Å². The van der Waals surface area contributed by atoms with Crippen LogP contribution in [0.25, 0.3) is 0 Å². The highest BCUT2D eigenvalue weighted by molar-refractivity contribution is 7.91. The maximum atomic E-state index is 12.3. The van der Waals surface area contributed by atoms with Gasteiger partial charge in [0.15, 0.2) is 9.84 Å². The van der Waals surface area contributed by atoms with E-state index in [4.69, 9.17) is 0 Å². The van der Waals surface area contributed by atoms with E-state index in [0.29, 0.717) is 19.5 Å². The number of hydrogen-bond acceptors (Lipinski definition) is 4. The van der Waals surface area contributed by atoms with Crippen molar-refractivity contribution in [1.29, 1.82) is 0 Å². The second kappa shape index (κ2) is 7.01. The number of hydrogen-bond donors (Lipinski definition) is 1. The van der Waals surface area contributed by atoms with Gasteiger partial charge in [0, 0.05) is 37.9 Å². The molecule has 0 aromatic heterocycles. The Morgan fingerprint density at radius 3 is 2.38 bits per heavy atom. The number of sulfone groups is 1. The Kier molecular flexibility index (Phi) is 4.99. The summed E-state index contributed by atoms with van der Waals surface area (Å²) in [7, 11) is -2.96. The zero-order valence-corrected chi connectivity index (χ0v) is 14.9. The molecule has 24 heavy (non-hydrogen) atoms. The molecule has 2 heterocycles. The minimum atomic E-state index is -2.96. The number of piperazine rings is 1. The van der Waals surface area contributed by atoms with Crippen molar-refractivity contribution in [3.05, 3.63) is 29.8 Å². The molecule has 0 aliphatic carbocycles. The first-order valence-corrected chi connectivity index (χ1v) is 10.4. The van der Waals surface area contributed by atoms with Crippen molar-refractivity contribution in [2.24, 2.45) is 0 Å². The van der Waals surface area contributed by atoms with Crippen molar-refractivity contribution in [2.45, 2.75) is 25.8 Å². The molecule has 0 saturated carbocycles. The number of amides is 2. The number of urea groups is 1. The molecule has 7 heteroatoms. The first kappa shape index (κ1) is 17.1. The van der Waals surface area contributed by atoms with Gasteiger partial charge in [-0.1, -0.05) is 19.1 Å². The van der Waals surface area contributed by atoms with Crippen molar-refractivity contribution in [1.82, 2.24) is 10.2 Å². The Labute approximate surface area is 143 Å². The minimum absolute atomic E-state index is 0.0719. The Hall–Kier alpha value is -1.76. The third kappa shape index (κ3) is 4.01. The molecule has 1 aromatic rings. The van der Waals surface area contributed by atoms with Crippen molar-refractivity contribution in [3.63, 3.8) is 0 Å². The second-order valence-corrected chi connectivity index (χ2v) is 8.77. The molecule has 2 aliphatic rings. The van der Waals surface area contributed by atoms with E-state index in [0.717, 1.165) is 19.5 Å². The Bertz CT molecular complexity index is 680. The maximum absolute atomic E-state index is 12.3. The van der Waals surface area contributed by atoms with Crippen LogP contribution < -0.4 is 10.2 Å². The zero-order chi connectivity index (χ0) is 17.2. The van der Waals surface area contributed by atoms with Crippen LogP contribution in [0.2, 0.25) is 0 Å². The summed E-state index contributed by atoms with van der Waals surface area (Å²) < 4.78 is 22.9. The van der Waals surface area contributed by atoms with E-state index < -0.39 is 9.84 Å². The Balaban J connectivity index is 1.50. The summed E-state index contributed by atoms with van der Waals surface area (Å²) in [5, 5.41) is 2.86. The van der Waals surface area contributed by atoms with Gasteiger partial charge in [0.2, 0.25) is 0 Å². The van der Waals surface area contributed by atoms with Crippen molar-refractivity contribution < 1.29 is 13.2 Å². The average Bonchev–Trinajstić information content (AvgIpc) is 2.93. The number of anilines is 1. The Morgan fingerprint density at radius 2 is 1.83 bits per heavy atom. The predicted octanol–water partition coefficient (Wildman–Crippen LogP) is 1.27.